The molecule has 136 valence electrons. The van der Waals surface area contributed by atoms with Crippen LogP contribution in [-0.2, 0) is 9.53 Å². The van der Waals surface area contributed by atoms with Crippen LogP contribution < -0.4 is 5.32 Å². The summed E-state index contributed by atoms with van der Waals surface area (Å²) >= 11 is 0. The molecule has 3 rings (SSSR count). The lowest BCUT2D eigenvalue weighted by atomic mass is 9.68. The molecule has 1 aromatic rings. The number of piperidine rings is 1. The van der Waals surface area contributed by atoms with Crippen LogP contribution in [0.5, 0.6) is 0 Å². The molecule has 2 heterocycles. The highest BCUT2D eigenvalue weighted by atomic mass is 16.6. The molecule has 0 radical (unpaired) electrons. The lowest BCUT2D eigenvalue weighted by Crippen LogP contribution is -2.49. The van der Waals surface area contributed by atoms with Gasteiger partial charge in [0.2, 0.25) is 5.91 Å². The minimum atomic E-state index is -0.499. The number of aryl methyl sites for hydroxylation is 1. The highest BCUT2D eigenvalue weighted by Crippen LogP contribution is 2.47. The smallest absolute Gasteiger partial charge is 0.410 e. The summed E-state index contributed by atoms with van der Waals surface area (Å²) in [6.45, 7) is 9.47. The summed E-state index contributed by atoms with van der Waals surface area (Å²) < 4.78 is 5.47. The molecule has 5 heteroatoms. The Kier molecular flexibility index (Phi) is 4.52. The molecule has 2 aliphatic rings. The lowest BCUT2D eigenvalue weighted by Gasteiger charge is -2.41. The number of hydrogen-bond donors (Lipinski definition) is 1. The molecule has 2 saturated heterocycles. The van der Waals surface area contributed by atoms with Crippen molar-refractivity contribution in [1.29, 1.82) is 0 Å². The Hall–Kier alpha value is -2.04. The van der Waals surface area contributed by atoms with Gasteiger partial charge >= 0.3 is 6.09 Å². The van der Waals surface area contributed by atoms with Crippen molar-refractivity contribution in [2.24, 2.45) is 5.41 Å². The molecule has 1 unspecified atom stereocenters. The summed E-state index contributed by atoms with van der Waals surface area (Å²) in [6.07, 6.45) is 1.07. The van der Waals surface area contributed by atoms with Gasteiger partial charge in [-0.2, -0.15) is 0 Å². The van der Waals surface area contributed by atoms with E-state index in [4.69, 9.17) is 4.74 Å². The van der Waals surface area contributed by atoms with Gasteiger partial charge in [-0.15, -0.1) is 0 Å². The second kappa shape index (κ2) is 6.36. The van der Waals surface area contributed by atoms with E-state index in [2.05, 4.69) is 36.5 Å². The van der Waals surface area contributed by atoms with Crippen LogP contribution in [0.2, 0.25) is 0 Å². The van der Waals surface area contributed by atoms with Crippen molar-refractivity contribution in [3.8, 4) is 0 Å². The van der Waals surface area contributed by atoms with Crippen LogP contribution >= 0.6 is 0 Å². The molecular formula is C20H28N2O3. The van der Waals surface area contributed by atoms with Crippen LogP contribution in [0, 0.1) is 12.3 Å². The van der Waals surface area contributed by atoms with E-state index in [1.54, 1.807) is 4.90 Å². The number of amides is 2. The molecule has 1 atom stereocenters. The van der Waals surface area contributed by atoms with Crippen molar-refractivity contribution in [1.82, 2.24) is 10.2 Å². The van der Waals surface area contributed by atoms with Crippen molar-refractivity contribution < 1.29 is 14.3 Å². The number of benzene rings is 1. The Balaban J connectivity index is 1.74. The van der Waals surface area contributed by atoms with E-state index >= 15 is 0 Å². The molecule has 0 aromatic heterocycles. The molecule has 0 saturated carbocycles. The van der Waals surface area contributed by atoms with Crippen LogP contribution in [0.4, 0.5) is 4.79 Å². The van der Waals surface area contributed by atoms with Crippen LogP contribution in [0.15, 0.2) is 24.3 Å². The Bertz CT molecular complexity index is 653. The minimum absolute atomic E-state index is 0.127. The predicted octanol–water partition coefficient (Wildman–Crippen LogP) is 3.23. The lowest BCUT2D eigenvalue weighted by molar-refractivity contribution is -0.130. The fourth-order valence-corrected chi connectivity index (χ4v) is 3.95. The van der Waals surface area contributed by atoms with Gasteiger partial charge in [0.15, 0.2) is 0 Å². The van der Waals surface area contributed by atoms with Gasteiger partial charge in [-0.05, 0) is 46.1 Å². The first-order valence-corrected chi connectivity index (χ1v) is 9.04. The minimum Gasteiger partial charge on any atom is -0.444 e. The van der Waals surface area contributed by atoms with E-state index in [9.17, 15) is 9.59 Å². The fourth-order valence-electron chi connectivity index (χ4n) is 3.95. The van der Waals surface area contributed by atoms with Gasteiger partial charge in [0.05, 0.1) is 5.41 Å². The molecule has 5 nitrogen and oxygen atoms in total. The zero-order chi connectivity index (χ0) is 18.2. The third-order valence-corrected chi connectivity index (χ3v) is 5.37. The molecule has 1 aromatic carbocycles. The Morgan fingerprint density at radius 2 is 1.80 bits per heavy atom. The number of likely N-dealkylation sites (tertiary alicyclic amines) is 1. The maximum Gasteiger partial charge on any atom is 0.410 e. The normalized spacial score (nSPS) is 22.8. The molecule has 0 aliphatic carbocycles. The Labute approximate surface area is 149 Å². The maximum absolute atomic E-state index is 12.7. The maximum atomic E-state index is 12.7. The van der Waals surface area contributed by atoms with Gasteiger partial charge in [0.1, 0.15) is 5.60 Å². The van der Waals surface area contributed by atoms with Gasteiger partial charge in [0.25, 0.3) is 0 Å². The third-order valence-electron chi connectivity index (χ3n) is 5.37. The van der Waals surface area contributed by atoms with E-state index < -0.39 is 11.0 Å². The molecule has 1 N–H and O–H groups in total. The quantitative estimate of drug-likeness (QED) is 0.851. The molecule has 2 aliphatic heterocycles. The zero-order valence-corrected chi connectivity index (χ0v) is 15.6. The summed E-state index contributed by atoms with van der Waals surface area (Å²) in [6, 6.07) is 8.45. The molecule has 1 spiro atoms. The largest absolute Gasteiger partial charge is 0.444 e. The highest BCUT2D eigenvalue weighted by Gasteiger charge is 2.52. The topological polar surface area (TPSA) is 58.6 Å². The van der Waals surface area contributed by atoms with Crippen molar-refractivity contribution in [3.63, 3.8) is 0 Å². The fraction of sp³-hybridized carbons (Fsp3) is 0.600. The number of ether oxygens (including phenoxy) is 1. The van der Waals surface area contributed by atoms with Crippen molar-refractivity contribution in [2.45, 2.75) is 52.1 Å². The van der Waals surface area contributed by atoms with Crippen LogP contribution in [0.25, 0.3) is 0 Å². The second-order valence-corrected chi connectivity index (χ2v) is 8.30. The van der Waals surface area contributed by atoms with E-state index in [-0.39, 0.29) is 17.9 Å². The summed E-state index contributed by atoms with van der Waals surface area (Å²) in [7, 11) is 0. The van der Waals surface area contributed by atoms with Crippen molar-refractivity contribution >= 4 is 12.0 Å². The average molecular weight is 344 g/mol. The van der Waals surface area contributed by atoms with Crippen LogP contribution in [0.3, 0.4) is 0 Å². The molecule has 2 amide bonds. The molecule has 2 fully saturated rings. The summed E-state index contributed by atoms with van der Waals surface area (Å²) in [5, 5.41) is 3.05. The van der Waals surface area contributed by atoms with Gasteiger partial charge < -0.3 is 15.0 Å². The first kappa shape index (κ1) is 17.8. The van der Waals surface area contributed by atoms with E-state index in [1.165, 1.54) is 11.1 Å². The summed E-state index contributed by atoms with van der Waals surface area (Å²) in [5.41, 5.74) is 1.51. The number of rotatable bonds is 1. The zero-order valence-electron chi connectivity index (χ0n) is 15.6. The number of hydrogen-bond acceptors (Lipinski definition) is 3. The first-order chi connectivity index (χ1) is 11.7. The second-order valence-electron chi connectivity index (χ2n) is 8.30. The van der Waals surface area contributed by atoms with Gasteiger partial charge in [-0.25, -0.2) is 4.79 Å². The number of carbonyl (C=O) groups excluding carboxylic acids is 2. The first-order valence-electron chi connectivity index (χ1n) is 9.04. The molecular weight excluding hydrogens is 316 g/mol. The summed E-state index contributed by atoms with van der Waals surface area (Å²) in [4.78, 5) is 26.7. The Morgan fingerprint density at radius 3 is 2.36 bits per heavy atom. The third kappa shape index (κ3) is 3.51. The predicted molar refractivity (Wildman–Crippen MR) is 96.4 cm³/mol. The van der Waals surface area contributed by atoms with Gasteiger partial charge in [-0.1, -0.05) is 29.8 Å². The van der Waals surface area contributed by atoms with Crippen LogP contribution in [0.1, 0.15) is 50.7 Å². The SMILES string of the molecule is Cc1ccc(C2CNC(=O)C23CCN(C(=O)OC(C)(C)C)CC3)cc1. The molecule has 25 heavy (non-hydrogen) atoms. The van der Waals surface area contributed by atoms with Gasteiger partial charge in [0, 0.05) is 25.6 Å². The van der Waals surface area contributed by atoms with E-state index in [0.717, 1.165) is 0 Å². The molecule has 0 bridgehead atoms. The highest BCUT2D eigenvalue weighted by molar-refractivity contribution is 5.87. The van der Waals surface area contributed by atoms with E-state index in [1.807, 2.05) is 20.8 Å². The monoisotopic (exact) mass is 344 g/mol. The van der Waals surface area contributed by atoms with Crippen LogP contribution in [-0.4, -0.2) is 42.1 Å². The van der Waals surface area contributed by atoms with Crippen molar-refractivity contribution in [3.05, 3.63) is 35.4 Å². The van der Waals surface area contributed by atoms with E-state index in [0.29, 0.717) is 32.5 Å². The summed E-state index contributed by atoms with van der Waals surface area (Å²) in [5.74, 6) is 0.295. The number of nitrogens with zero attached hydrogens (tertiary/aromatic N) is 1. The standard InChI is InChI=1S/C20H28N2O3/c1-14-5-7-15(8-6-14)16-13-21-17(23)20(16)9-11-22(12-10-20)18(24)25-19(2,3)4/h5-8,16H,9-13H2,1-4H3,(H,21,23). The van der Waals surface area contributed by atoms with Gasteiger partial charge in [-0.3, -0.25) is 4.79 Å². The van der Waals surface area contributed by atoms with Crippen molar-refractivity contribution in [2.75, 3.05) is 19.6 Å². The number of nitrogens with one attached hydrogen (secondary N) is 1. The number of carbonyl (C=O) groups is 2. The Morgan fingerprint density at radius 1 is 1.20 bits per heavy atom. The average Bonchev–Trinajstić information content (AvgIpc) is 2.84.